The fourth-order valence-electron chi connectivity index (χ4n) is 2.79. The Morgan fingerprint density at radius 1 is 1.36 bits per heavy atom. The Balaban J connectivity index is 1.52. The third-order valence-corrected chi connectivity index (χ3v) is 4.34. The van der Waals surface area contributed by atoms with E-state index in [0.29, 0.717) is 48.1 Å². The van der Waals surface area contributed by atoms with E-state index >= 15 is 0 Å². The highest BCUT2D eigenvalue weighted by Gasteiger charge is 2.29. The molecule has 0 unspecified atom stereocenters. The van der Waals surface area contributed by atoms with Crippen molar-refractivity contribution in [2.45, 2.75) is 37.9 Å². The quantitative estimate of drug-likeness (QED) is 0.880. The van der Waals surface area contributed by atoms with E-state index in [-0.39, 0.29) is 6.04 Å². The summed E-state index contributed by atoms with van der Waals surface area (Å²) in [7, 11) is 0. The van der Waals surface area contributed by atoms with Crippen molar-refractivity contribution in [2.75, 3.05) is 18.0 Å². The molecule has 1 fully saturated rings. The average molecular weight is 376 g/mol. The highest BCUT2D eigenvalue weighted by atomic mass is 35.5. The smallest absolute Gasteiger partial charge is 0.389 e. The first-order chi connectivity index (χ1) is 11.8. The Morgan fingerprint density at radius 3 is 2.76 bits per heavy atom. The van der Waals surface area contributed by atoms with Gasteiger partial charge in [0, 0.05) is 30.6 Å². The van der Waals surface area contributed by atoms with Crippen LogP contribution < -0.4 is 10.2 Å². The summed E-state index contributed by atoms with van der Waals surface area (Å²) in [6, 6.07) is 5.55. The van der Waals surface area contributed by atoms with Gasteiger partial charge in [-0.3, -0.25) is 4.79 Å². The van der Waals surface area contributed by atoms with Crippen LogP contribution >= 0.6 is 11.6 Å². The van der Waals surface area contributed by atoms with E-state index in [1.807, 2.05) is 4.90 Å². The van der Waals surface area contributed by atoms with Crippen molar-refractivity contribution < 1.29 is 22.4 Å². The highest BCUT2D eigenvalue weighted by molar-refractivity contribution is 6.31. The van der Waals surface area contributed by atoms with Gasteiger partial charge in [0.1, 0.15) is 5.52 Å². The number of nitrogens with one attached hydrogen (secondary N) is 1. The third-order valence-electron chi connectivity index (χ3n) is 4.10. The predicted molar refractivity (Wildman–Crippen MR) is 87.7 cm³/mol. The van der Waals surface area contributed by atoms with Crippen LogP contribution in [0.3, 0.4) is 0 Å². The van der Waals surface area contributed by atoms with Crippen LogP contribution in [-0.2, 0) is 4.79 Å². The van der Waals surface area contributed by atoms with E-state index in [0.717, 1.165) is 0 Å². The second kappa shape index (κ2) is 7.11. The zero-order chi connectivity index (χ0) is 18.0. The number of hydrogen-bond acceptors (Lipinski definition) is 4. The number of rotatable bonds is 4. The third kappa shape index (κ3) is 4.78. The Morgan fingerprint density at radius 2 is 2.08 bits per heavy atom. The van der Waals surface area contributed by atoms with E-state index in [1.54, 1.807) is 18.2 Å². The molecule has 136 valence electrons. The van der Waals surface area contributed by atoms with Crippen molar-refractivity contribution in [1.82, 2.24) is 10.3 Å². The van der Waals surface area contributed by atoms with Crippen LogP contribution in [0.15, 0.2) is 22.6 Å². The van der Waals surface area contributed by atoms with Crippen LogP contribution in [0.4, 0.5) is 19.2 Å². The van der Waals surface area contributed by atoms with Crippen molar-refractivity contribution in [3.63, 3.8) is 0 Å². The maximum absolute atomic E-state index is 12.1. The molecule has 0 saturated carbocycles. The van der Waals surface area contributed by atoms with Crippen LogP contribution in [0.1, 0.15) is 25.7 Å². The lowest BCUT2D eigenvalue weighted by atomic mass is 10.1. The topological polar surface area (TPSA) is 58.4 Å². The number of piperidine rings is 1. The van der Waals surface area contributed by atoms with Crippen molar-refractivity contribution >= 4 is 34.6 Å². The lowest BCUT2D eigenvalue weighted by molar-refractivity contribution is -0.144. The number of aromatic nitrogens is 1. The Labute approximate surface area is 147 Å². The van der Waals surface area contributed by atoms with Crippen molar-refractivity contribution in [3.05, 3.63) is 23.2 Å². The zero-order valence-corrected chi connectivity index (χ0v) is 14.0. The van der Waals surface area contributed by atoms with Gasteiger partial charge in [-0.05, 0) is 31.0 Å². The maximum atomic E-state index is 12.1. The highest BCUT2D eigenvalue weighted by Crippen LogP contribution is 2.26. The van der Waals surface area contributed by atoms with E-state index in [1.165, 1.54) is 0 Å². The standard InChI is InChI=1S/C16H17ClF3N3O2/c17-10-1-2-13-12(9-10)22-15(25-13)23-7-4-11(5-8-23)21-14(24)3-6-16(18,19)20/h1-2,9,11H,3-8H2,(H,21,24). The molecule has 2 heterocycles. The summed E-state index contributed by atoms with van der Waals surface area (Å²) in [5, 5.41) is 3.24. The first kappa shape index (κ1) is 17.8. The Hall–Kier alpha value is -1.96. The molecule has 0 atom stereocenters. The summed E-state index contributed by atoms with van der Waals surface area (Å²) >= 11 is 5.93. The predicted octanol–water partition coefficient (Wildman–Crippen LogP) is 3.91. The van der Waals surface area contributed by atoms with Crippen LogP contribution in [-0.4, -0.2) is 36.2 Å². The van der Waals surface area contributed by atoms with Gasteiger partial charge in [0.15, 0.2) is 5.58 Å². The van der Waals surface area contributed by atoms with Gasteiger partial charge in [0.25, 0.3) is 6.01 Å². The minimum absolute atomic E-state index is 0.129. The number of carbonyl (C=O) groups excluding carboxylic acids is 1. The molecule has 9 heteroatoms. The molecule has 1 aliphatic heterocycles. The molecule has 5 nitrogen and oxygen atoms in total. The zero-order valence-electron chi connectivity index (χ0n) is 13.3. The lowest BCUT2D eigenvalue weighted by Gasteiger charge is -2.31. The maximum Gasteiger partial charge on any atom is 0.389 e. The van der Waals surface area contributed by atoms with Crippen LogP contribution in [0.5, 0.6) is 0 Å². The lowest BCUT2D eigenvalue weighted by Crippen LogP contribution is -2.45. The number of amides is 1. The number of carbonyl (C=O) groups is 1. The first-order valence-corrected chi connectivity index (χ1v) is 8.35. The molecule has 1 saturated heterocycles. The van der Waals surface area contributed by atoms with Gasteiger partial charge in [-0.2, -0.15) is 18.2 Å². The average Bonchev–Trinajstić information content (AvgIpc) is 2.96. The Kier molecular flexibility index (Phi) is 5.08. The monoisotopic (exact) mass is 375 g/mol. The van der Waals surface area contributed by atoms with Gasteiger partial charge in [-0.1, -0.05) is 11.6 Å². The summed E-state index contributed by atoms with van der Waals surface area (Å²) in [5.41, 5.74) is 1.31. The van der Waals surface area contributed by atoms with Gasteiger partial charge < -0.3 is 14.6 Å². The van der Waals surface area contributed by atoms with E-state index < -0.39 is 24.9 Å². The molecule has 1 aliphatic rings. The van der Waals surface area contributed by atoms with Gasteiger partial charge >= 0.3 is 6.18 Å². The number of hydrogen-bond donors (Lipinski definition) is 1. The number of fused-ring (bicyclic) bond motifs is 1. The molecule has 0 aliphatic carbocycles. The number of halogens is 4. The van der Waals surface area contributed by atoms with E-state index in [2.05, 4.69) is 10.3 Å². The van der Waals surface area contributed by atoms with Crippen molar-refractivity contribution in [3.8, 4) is 0 Å². The molecule has 0 radical (unpaired) electrons. The molecular weight excluding hydrogens is 359 g/mol. The number of nitrogens with zero attached hydrogens (tertiary/aromatic N) is 2. The second-order valence-electron chi connectivity index (χ2n) is 6.05. The molecule has 1 N–H and O–H groups in total. The summed E-state index contributed by atoms with van der Waals surface area (Å²) in [6.45, 7) is 1.20. The number of benzene rings is 1. The number of alkyl halides is 3. The van der Waals surface area contributed by atoms with E-state index in [9.17, 15) is 18.0 Å². The van der Waals surface area contributed by atoms with Crippen molar-refractivity contribution in [2.24, 2.45) is 0 Å². The molecule has 2 aromatic rings. The van der Waals surface area contributed by atoms with Crippen LogP contribution in [0.2, 0.25) is 5.02 Å². The minimum atomic E-state index is -4.31. The van der Waals surface area contributed by atoms with Crippen LogP contribution in [0.25, 0.3) is 11.1 Å². The SMILES string of the molecule is O=C(CCC(F)(F)F)NC1CCN(c2nc3cc(Cl)ccc3o2)CC1. The molecule has 0 bridgehead atoms. The number of oxazole rings is 1. The molecule has 1 amide bonds. The summed E-state index contributed by atoms with van der Waals surface area (Å²) < 4.78 is 42.1. The summed E-state index contributed by atoms with van der Waals surface area (Å²) in [6.07, 6.45) is -4.69. The fourth-order valence-corrected chi connectivity index (χ4v) is 2.96. The molecule has 1 aromatic heterocycles. The number of anilines is 1. The molecule has 3 rings (SSSR count). The molecule has 25 heavy (non-hydrogen) atoms. The van der Waals surface area contributed by atoms with Crippen LogP contribution in [0, 0.1) is 0 Å². The largest absolute Gasteiger partial charge is 0.423 e. The normalized spacial score (nSPS) is 16.4. The first-order valence-electron chi connectivity index (χ1n) is 7.97. The Bertz CT molecular complexity index is 755. The minimum Gasteiger partial charge on any atom is -0.423 e. The summed E-state index contributed by atoms with van der Waals surface area (Å²) in [5.74, 6) is -0.563. The van der Waals surface area contributed by atoms with Gasteiger partial charge in [-0.15, -0.1) is 0 Å². The fraction of sp³-hybridized carbons (Fsp3) is 0.500. The summed E-state index contributed by atoms with van der Waals surface area (Å²) in [4.78, 5) is 17.9. The van der Waals surface area contributed by atoms with Gasteiger partial charge in [-0.25, -0.2) is 0 Å². The van der Waals surface area contributed by atoms with Crippen molar-refractivity contribution in [1.29, 1.82) is 0 Å². The van der Waals surface area contributed by atoms with Gasteiger partial charge in [0.05, 0.1) is 6.42 Å². The second-order valence-corrected chi connectivity index (χ2v) is 6.49. The van der Waals surface area contributed by atoms with E-state index in [4.69, 9.17) is 16.0 Å². The molecular formula is C16H17ClF3N3O2. The van der Waals surface area contributed by atoms with Gasteiger partial charge in [0.2, 0.25) is 5.91 Å². The molecule has 1 aromatic carbocycles. The molecule has 0 spiro atoms.